The summed E-state index contributed by atoms with van der Waals surface area (Å²) in [5.41, 5.74) is 0.436. The second-order valence-electron chi connectivity index (χ2n) is 6.95. The molecule has 4 aliphatic carbocycles. The van der Waals surface area contributed by atoms with Crippen LogP contribution in [0.2, 0.25) is 0 Å². The molecule has 2 nitrogen and oxygen atoms in total. The molecule has 0 aromatic heterocycles. The molecule has 16 heavy (non-hydrogen) atoms. The SMILES string of the molecule is CC12CC3CC(C1)CC(CS(=O)(=O)Cl)(C3)C2. The summed E-state index contributed by atoms with van der Waals surface area (Å²) >= 11 is 0. The second-order valence-corrected chi connectivity index (χ2v) is 9.73. The number of hydrogen-bond acceptors (Lipinski definition) is 2. The van der Waals surface area contributed by atoms with Gasteiger partial charge in [0.25, 0.3) is 0 Å². The maximum Gasteiger partial charge on any atom is 0.233 e. The van der Waals surface area contributed by atoms with Gasteiger partial charge in [0.2, 0.25) is 9.05 Å². The van der Waals surface area contributed by atoms with Crippen molar-refractivity contribution >= 4 is 19.7 Å². The van der Waals surface area contributed by atoms with Crippen molar-refractivity contribution in [3.05, 3.63) is 0 Å². The molecule has 0 radical (unpaired) electrons. The van der Waals surface area contributed by atoms with Crippen molar-refractivity contribution in [2.75, 3.05) is 5.75 Å². The van der Waals surface area contributed by atoms with Gasteiger partial charge < -0.3 is 0 Å². The molecular weight excluding hydrogens is 244 g/mol. The Morgan fingerprint density at radius 2 is 1.75 bits per heavy atom. The quantitative estimate of drug-likeness (QED) is 0.717. The molecule has 0 amide bonds. The molecule has 4 bridgehead atoms. The molecule has 0 aliphatic heterocycles. The average Bonchev–Trinajstić information content (AvgIpc) is 1.91. The molecule has 2 atom stereocenters. The Labute approximate surface area is 102 Å². The second kappa shape index (κ2) is 3.17. The maximum absolute atomic E-state index is 11.4. The molecule has 2 unspecified atom stereocenters. The Balaban J connectivity index is 1.92. The Morgan fingerprint density at radius 1 is 1.19 bits per heavy atom. The lowest BCUT2D eigenvalue weighted by Crippen LogP contribution is -2.52. The molecular formula is C12H19ClO2S. The van der Waals surface area contributed by atoms with E-state index in [2.05, 4.69) is 6.92 Å². The Kier molecular flexibility index (Phi) is 2.24. The van der Waals surface area contributed by atoms with Gasteiger partial charge in [0.1, 0.15) is 0 Å². The number of hydrogen-bond donors (Lipinski definition) is 0. The highest BCUT2D eigenvalue weighted by Gasteiger charge is 2.56. The summed E-state index contributed by atoms with van der Waals surface area (Å²) in [4.78, 5) is 0. The zero-order chi connectivity index (χ0) is 11.6. The van der Waals surface area contributed by atoms with Gasteiger partial charge in [-0.05, 0) is 61.2 Å². The van der Waals surface area contributed by atoms with Crippen LogP contribution < -0.4 is 0 Å². The fraction of sp³-hybridized carbons (Fsp3) is 1.00. The largest absolute Gasteiger partial charge is 0.233 e. The van der Waals surface area contributed by atoms with Crippen LogP contribution >= 0.6 is 10.7 Å². The van der Waals surface area contributed by atoms with Crippen LogP contribution in [-0.4, -0.2) is 14.2 Å². The van der Waals surface area contributed by atoms with Gasteiger partial charge in [-0.1, -0.05) is 6.92 Å². The van der Waals surface area contributed by atoms with Gasteiger partial charge in [-0.25, -0.2) is 8.42 Å². The normalized spacial score (nSPS) is 50.9. The van der Waals surface area contributed by atoms with E-state index in [-0.39, 0.29) is 11.2 Å². The van der Waals surface area contributed by atoms with Crippen LogP contribution in [0.3, 0.4) is 0 Å². The molecule has 92 valence electrons. The van der Waals surface area contributed by atoms with Crippen LogP contribution in [0.5, 0.6) is 0 Å². The van der Waals surface area contributed by atoms with Crippen molar-refractivity contribution in [1.82, 2.24) is 0 Å². The number of halogens is 1. The summed E-state index contributed by atoms with van der Waals surface area (Å²) in [7, 11) is 2.15. The van der Waals surface area contributed by atoms with E-state index in [0.29, 0.717) is 5.41 Å². The smallest absolute Gasteiger partial charge is 0.212 e. The van der Waals surface area contributed by atoms with Crippen molar-refractivity contribution in [1.29, 1.82) is 0 Å². The van der Waals surface area contributed by atoms with Crippen LogP contribution in [-0.2, 0) is 9.05 Å². The van der Waals surface area contributed by atoms with Crippen LogP contribution in [0.1, 0.15) is 45.4 Å². The van der Waals surface area contributed by atoms with E-state index in [9.17, 15) is 8.42 Å². The third-order valence-corrected chi connectivity index (χ3v) is 6.24. The predicted molar refractivity (Wildman–Crippen MR) is 64.9 cm³/mol. The summed E-state index contributed by atoms with van der Waals surface area (Å²) < 4.78 is 22.8. The highest BCUT2D eigenvalue weighted by molar-refractivity contribution is 8.13. The Morgan fingerprint density at radius 3 is 2.19 bits per heavy atom. The van der Waals surface area contributed by atoms with Crippen LogP contribution in [0.4, 0.5) is 0 Å². The van der Waals surface area contributed by atoms with E-state index in [4.69, 9.17) is 10.7 Å². The van der Waals surface area contributed by atoms with Gasteiger partial charge in [-0.15, -0.1) is 0 Å². The zero-order valence-electron chi connectivity index (χ0n) is 9.71. The van der Waals surface area contributed by atoms with Crippen molar-refractivity contribution in [3.63, 3.8) is 0 Å². The van der Waals surface area contributed by atoms with Gasteiger partial charge in [0.05, 0.1) is 5.75 Å². The highest BCUT2D eigenvalue weighted by atomic mass is 35.7. The Hall–Kier alpha value is 0.240. The predicted octanol–water partition coefficient (Wildman–Crippen LogP) is 3.16. The van der Waals surface area contributed by atoms with Gasteiger partial charge in [-0.3, -0.25) is 0 Å². The Bertz CT molecular complexity index is 401. The van der Waals surface area contributed by atoms with Crippen molar-refractivity contribution in [2.45, 2.75) is 45.4 Å². The molecule has 4 saturated carbocycles. The fourth-order valence-corrected chi connectivity index (χ4v) is 7.23. The van der Waals surface area contributed by atoms with Gasteiger partial charge in [0, 0.05) is 10.7 Å². The minimum atomic E-state index is -3.34. The maximum atomic E-state index is 11.4. The minimum Gasteiger partial charge on any atom is -0.212 e. The molecule has 0 aromatic rings. The molecule has 4 aliphatic rings. The molecule has 0 saturated heterocycles. The molecule has 0 N–H and O–H groups in total. The molecule has 4 rings (SSSR count). The van der Waals surface area contributed by atoms with Gasteiger partial charge in [0.15, 0.2) is 0 Å². The van der Waals surface area contributed by atoms with Gasteiger partial charge >= 0.3 is 0 Å². The summed E-state index contributed by atoms with van der Waals surface area (Å²) in [5.74, 6) is 1.75. The lowest BCUT2D eigenvalue weighted by molar-refractivity contribution is -0.0900. The fourth-order valence-electron chi connectivity index (χ4n) is 5.46. The summed E-state index contributed by atoms with van der Waals surface area (Å²) in [5, 5.41) is 0. The van der Waals surface area contributed by atoms with Crippen molar-refractivity contribution in [3.8, 4) is 0 Å². The number of rotatable bonds is 2. The van der Waals surface area contributed by atoms with E-state index in [1.165, 1.54) is 19.3 Å². The van der Waals surface area contributed by atoms with Crippen LogP contribution in [0.15, 0.2) is 0 Å². The molecule has 4 heteroatoms. The van der Waals surface area contributed by atoms with E-state index in [1.54, 1.807) is 0 Å². The van der Waals surface area contributed by atoms with E-state index in [1.807, 2.05) is 0 Å². The monoisotopic (exact) mass is 262 g/mol. The third kappa shape index (κ3) is 1.90. The standard InChI is InChI=1S/C12H19ClO2S/c1-11-3-9-2-10(4-11)6-12(5-9,7-11)8-16(13,14)15/h9-10H,2-8H2,1H3. The first-order valence-electron chi connectivity index (χ1n) is 6.20. The lowest BCUT2D eigenvalue weighted by Gasteiger charge is -2.61. The topological polar surface area (TPSA) is 34.1 Å². The summed E-state index contributed by atoms with van der Waals surface area (Å²) in [6, 6.07) is 0. The van der Waals surface area contributed by atoms with E-state index >= 15 is 0 Å². The van der Waals surface area contributed by atoms with Crippen molar-refractivity contribution < 1.29 is 8.42 Å². The molecule has 0 heterocycles. The van der Waals surface area contributed by atoms with Gasteiger partial charge in [-0.2, -0.15) is 0 Å². The molecule has 4 fully saturated rings. The lowest BCUT2D eigenvalue weighted by atomic mass is 9.45. The molecule has 0 spiro atoms. The summed E-state index contributed by atoms with van der Waals surface area (Å²) in [6.07, 6.45) is 7.25. The van der Waals surface area contributed by atoms with E-state index < -0.39 is 9.05 Å². The zero-order valence-corrected chi connectivity index (χ0v) is 11.3. The third-order valence-electron chi connectivity index (χ3n) is 4.95. The average molecular weight is 263 g/mol. The first-order valence-corrected chi connectivity index (χ1v) is 8.68. The molecule has 0 aromatic carbocycles. The first kappa shape index (κ1) is 11.3. The first-order chi connectivity index (χ1) is 7.28. The van der Waals surface area contributed by atoms with Crippen LogP contribution in [0, 0.1) is 22.7 Å². The van der Waals surface area contributed by atoms with Crippen LogP contribution in [0.25, 0.3) is 0 Å². The minimum absolute atomic E-state index is 0.0272. The van der Waals surface area contributed by atoms with Crippen molar-refractivity contribution in [2.24, 2.45) is 22.7 Å². The van der Waals surface area contributed by atoms with E-state index in [0.717, 1.165) is 31.1 Å². The summed E-state index contributed by atoms with van der Waals surface area (Å²) in [6.45, 7) is 2.35. The highest BCUT2D eigenvalue weighted by Crippen LogP contribution is 2.65.